The molecule has 17 heavy (non-hydrogen) atoms. The number of urea groups is 1. The number of fused-ring (bicyclic) bond motifs is 1. The first-order valence-electron chi connectivity index (χ1n) is 5.20. The quantitative estimate of drug-likeness (QED) is 0.683. The van der Waals surface area contributed by atoms with Crippen molar-refractivity contribution in [1.29, 1.82) is 0 Å². The summed E-state index contributed by atoms with van der Waals surface area (Å²) in [5, 5.41) is 7.76. The van der Waals surface area contributed by atoms with E-state index >= 15 is 0 Å². The van der Waals surface area contributed by atoms with Crippen LogP contribution in [0, 0.1) is 0 Å². The molecule has 3 amide bonds. The Morgan fingerprint density at radius 2 is 2.24 bits per heavy atom. The molecular formula is C11H13N3O3. The van der Waals surface area contributed by atoms with Gasteiger partial charge in [0.2, 0.25) is 0 Å². The maximum absolute atomic E-state index is 11.4. The molecular weight excluding hydrogens is 222 g/mol. The number of hydrogen-bond donors (Lipinski definition) is 3. The van der Waals surface area contributed by atoms with Gasteiger partial charge in [-0.05, 0) is 25.1 Å². The first-order chi connectivity index (χ1) is 8.10. The van der Waals surface area contributed by atoms with Crippen LogP contribution >= 0.6 is 0 Å². The molecule has 0 saturated carbocycles. The molecule has 0 saturated heterocycles. The number of benzene rings is 1. The molecule has 0 fully saturated rings. The fourth-order valence-electron chi connectivity index (χ4n) is 1.48. The minimum absolute atomic E-state index is 0.199. The van der Waals surface area contributed by atoms with Gasteiger partial charge in [-0.15, -0.1) is 0 Å². The van der Waals surface area contributed by atoms with Crippen LogP contribution in [0.5, 0.6) is 5.75 Å². The van der Waals surface area contributed by atoms with Crippen molar-refractivity contribution in [2.45, 2.75) is 13.0 Å². The van der Waals surface area contributed by atoms with Crippen LogP contribution in [-0.4, -0.2) is 25.1 Å². The Bertz CT molecular complexity index is 473. The van der Waals surface area contributed by atoms with Gasteiger partial charge in [0.25, 0.3) is 5.91 Å². The summed E-state index contributed by atoms with van der Waals surface area (Å²) >= 11 is 0. The third-order valence-electron chi connectivity index (χ3n) is 2.40. The van der Waals surface area contributed by atoms with Gasteiger partial charge in [-0.3, -0.25) is 4.79 Å². The fourth-order valence-corrected chi connectivity index (χ4v) is 1.48. The van der Waals surface area contributed by atoms with E-state index in [1.165, 1.54) is 7.05 Å². The van der Waals surface area contributed by atoms with Crippen LogP contribution in [-0.2, 0) is 4.79 Å². The summed E-state index contributed by atoms with van der Waals surface area (Å²) in [7, 11) is 1.53. The lowest BCUT2D eigenvalue weighted by atomic mass is 10.2. The monoisotopic (exact) mass is 235 g/mol. The van der Waals surface area contributed by atoms with E-state index < -0.39 is 6.10 Å². The minimum atomic E-state index is -0.500. The van der Waals surface area contributed by atoms with Gasteiger partial charge in [0.1, 0.15) is 5.75 Å². The van der Waals surface area contributed by atoms with Crippen molar-refractivity contribution in [3.05, 3.63) is 18.2 Å². The van der Waals surface area contributed by atoms with Gasteiger partial charge in [0, 0.05) is 12.7 Å². The molecule has 1 aliphatic heterocycles. The van der Waals surface area contributed by atoms with Crippen molar-refractivity contribution in [1.82, 2.24) is 5.32 Å². The topological polar surface area (TPSA) is 79.5 Å². The van der Waals surface area contributed by atoms with E-state index in [9.17, 15) is 9.59 Å². The number of anilines is 2. The first-order valence-corrected chi connectivity index (χ1v) is 5.20. The Kier molecular flexibility index (Phi) is 2.86. The number of rotatable bonds is 1. The molecule has 6 heteroatoms. The Morgan fingerprint density at radius 1 is 1.47 bits per heavy atom. The van der Waals surface area contributed by atoms with Crippen LogP contribution in [0.3, 0.4) is 0 Å². The molecule has 1 aromatic rings. The molecule has 1 aliphatic rings. The second-order valence-corrected chi connectivity index (χ2v) is 3.66. The number of hydrogen-bond acceptors (Lipinski definition) is 3. The summed E-state index contributed by atoms with van der Waals surface area (Å²) in [6.07, 6.45) is -0.500. The van der Waals surface area contributed by atoms with E-state index in [-0.39, 0.29) is 11.9 Å². The Balaban J connectivity index is 2.22. The zero-order valence-corrected chi connectivity index (χ0v) is 9.53. The molecule has 0 aliphatic carbocycles. The maximum atomic E-state index is 11.4. The van der Waals surface area contributed by atoms with E-state index in [2.05, 4.69) is 16.0 Å². The lowest BCUT2D eigenvalue weighted by Gasteiger charge is -2.23. The van der Waals surface area contributed by atoms with Gasteiger partial charge < -0.3 is 20.7 Å². The van der Waals surface area contributed by atoms with Gasteiger partial charge in [-0.25, -0.2) is 4.79 Å². The molecule has 90 valence electrons. The molecule has 1 heterocycles. The molecule has 0 radical (unpaired) electrons. The van der Waals surface area contributed by atoms with Gasteiger partial charge in [0.05, 0.1) is 5.69 Å². The van der Waals surface area contributed by atoms with Gasteiger partial charge in [0.15, 0.2) is 6.10 Å². The van der Waals surface area contributed by atoms with Crippen molar-refractivity contribution < 1.29 is 14.3 Å². The third-order valence-corrected chi connectivity index (χ3v) is 2.40. The fraction of sp³-hybridized carbons (Fsp3) is 0.273. The lowest BCUT2D eigenvalue weighted by molar-refractivity contribution is -0.122. The highest BCUT2D eigenvalue weighted by atomic mass is 16.5. The van der Waals surface area contributed by atoms with Crippen molar-refractivity contribution in [3.63, 3.8) is 0 Å². The number of amides is 3. The van der Waals surface area contributed by atoms with Crippen molar-refractivity contribution in [2.24, 2.45) is 0 Å². The smallest absolute Gasteiger partial charge is 0.318 e. The Labute approximate surface area is 98.3 Å². The normalized spacial score (nSPS) is 17.5. The minimum Gasteiger partial charge on any atom is -0.479 e. The molecule has 1 unspecified atom stereocenters. The molecule has 0 spiro atoms. The highest BCUT2D eigenvalue weighted by Crippen LogP contribution is 2.31. The zero-order chi connectivity index (χ0) is 12.4. The van der Waals surface area contributed by atoms with E-state index in [1.807, 2.05) is 0 Å². The highest BCUT2D eigenvalue weighted by Gasteiger charge is 2.23. The average molecular weight is 235 g/mol. The van der Waals surface area contributed by atoms with Crippen LogP contribution < -0.4 is 20.7 Å². The largest absolute Gasteiger partial charge is 0.479 e. The Hall–Kier alpha value is -2.24. The predicted molar refractivity (Wildman–Crippen MR) is 63.2 cm³/mol. The Morgan fingerprint density at radius 3 is 2.94 bits per heavy atom. The molecule has 0 aromatic heterocycles. The number of ether oxygens (including phenoxy) is 1. The highest BCUT2D eigenvalue weighted by molar-refractivity contribution is 5.99. The average Bonchev–Trinajstić information content (AvgIpc) is 2.31. The van der Waals surface area contributed by atoms with Gasteiger partial charge in [-0.1, -0.05) is 0 Å². The van der Waals surface area contributed by atoms with Gasteiger partial charge >= 0.3 is 6.03 Å². The summed E-state index contributed by atoms with van der Waals surface area (Å²) in [5.74, 6) is 0.397. The summed E-state index contributed by atoms with van der Waals surface area (Å²) < 4.78 is 5.39. The summed E-state index contributed by atoms with van der Waals surface area (Å²) in [6.45, 7) is 1.68. The summed E-state index contributed by atoms with van der Waals surface area (Å²) in [5.41, 5.74) is 1.14. The number of carbonyl (C=O) groups excluding carboxylic acids is 2. The number of nitrogens with one attached hydrogen (secondary N) is 3. The third kappa shape index (κ3) is 2.30. The SMILES string of the molecule is CNC(=O)Nc1ccc2c(c1)NC(=O)C(C)O2. The zero-order valence-electron chi connectivity index (χ0n) is 9.53. The van der Waals surface area contributed by atoms with Crippen LogP contribution in [0.15, 0.2) is 18.2 Å². The molecule has 1 atom stereocenters. The van der Waals surface area contributed by atoms with Crippen molar-refractivity contribution in [2.75, 3.05) is 17.7 Å². The maximum Gasteiger partial charge on any atom is 0.318 e. The van der Waals surface area contributed by atoms with E-state index in [4.69, 9.17) is 4.74 Å². The van der Waals surface area contributed by atoms with E-state index in [1.54, 1.807) is 25.1 Å². The van der Waals surface area contributed by atoms with Crippen molar-refractivity contribution >= 4 is 23.3 Å². The standard InChI is InChI=1S/C11H13N3O3/c1-6-10(15)14-8-5-7(13-11(16)12-2)3-4-9(8)17-6/h3-6H,1-2H3,(H,14,15)(H2,12,13,16). The van der Waals surface area contributed by atoms with E-state index in [0.29, 0.717) is 17.1 Å². The van der Waals surface area contributed by atoms with Crippen LogP contribution in [0.4, 0.5) is 16.2 Å². The summed E-state index contributed by atoms with van der Waals surface area (Å²) in [6, 6.07) is 4.74. The second kappa shape index (κ2) is 4.32. The van der Waals surface area contributed by atoms with Crippen molar-refractivity contribution in [3.8, 4) is 5.75 Å². The van der Waals surface area contributed by atoms with E-state index in [0.717, 1.165) is 0 Å². The second-order valence-electron chi connectivity index (χ2n) is 3.66. The summed E-state index contributed by atoms with van der Waals surface area (Å²) in [4.78, 5) is 22.5. The molecule has 6 nitrogen and oxygen atoms in total. The van der Waals surface area contributed by atoms with Crippen LogP contribution in [0.25, 0.3) is 0 Å². The molecule has 2 rings (SSSR count). The predicted octanol–water partition coefficient (Wildman–Crippen LogP) is 1.16. The number of carbonyl (C=O) groups is 2. The molecule has 1 aromatic carbocycles. The van der Waals surface area contributed by atoms with Crippen LogP contribution in [0.2, 0.25) is 0 Å². The first kappa shape index (κ1) is 11.3. The van der Waals surface area contributed by atoms with Crippen LogP contribution in [0.1, 0.15) is 6.92 Å². The molecule has 3 N–H and O–H groups in total. The lowest BCUT2D eigenvalue weighted by Crippen LogP contribution is -2.34. The van der Waals surface area contributed by atoms with Gasteiger partial charge in [-0.2, -0.15) is 0 Å². The molecule has 0 bridgehead atoms.